The Kier molecular flexibility index (Phi) is 8.29. The Balaban J connectivity index is 1.23. The second-order valence-electron chi connectivity index (χ2n) is 9.37. The SMILES string of the molecule is CCC(C)c1ccccc1N1C(=O)CS/C1=N/NCc1ccc(-c2ncn(-c3ccc(OC(F)(F)F)cc3)n2)cc1. The fourth-order valence-electron chi connectivity index (χ4n) is 4.30. The number of ether oxygens (including phenoxy) is 1. The zero-order valence-corrected chi connectivity index (χ0v) is 23.1. The van der Waals surface area contributed by atoms with Crippen LogP contribution in [0.2, 0.25) is 0 Å². The summed E-state index contributed by atoms with van der Waals surface area (Å²) in [5, 5.41) is 9.59. The molecule has 1 aliphatic rings. The molecule has 1 aromatic heterocycles. The fourth-order valence-corrected chi connectivity index (χ4v) is 5.14. The lowest BCUT2D eigenvalue weighted by Crippen LogP contribution is -2.31. The Morgan fingerprint density at radius 1 is 1.07 bits per heavy atom. The number of nitrogens with zero attached hydrogens (tertiary/aromatic N) is 5. The average molecular weight is 581 g/mol. The second kappa shape index (κ2) is 12.0. The summed E-state index contributed by atoms with van der Waals surface area (Å²) < 4.78 is 42.6. The van der Waals surface area contributed by atoms with E-state index in [0.29, 0.717) is 34.9 Å². The van der Waals surface area contributed by atoms with Crippen LogP contribution in [0.25, 0.3) is 17.1 Å². The summed E-state index contributed by atoms with van der Waals surface area (Å²) in [6.07, 6.45) is -2.28. The Morgan fingerprint density at radius 3 is 2.51 bits per heavy atom. The van der Waals surface area contributed by atoms with Gasteiger partial charge in [0.2, 0.25) is 5.91 Å². The number of nitrogens with one attached hydrogen (secondary N) is 1. The molecule has 5 rings (SSSR count). The molecular weight excluding hydrogens is 553 g/mol. The zero-order valence-electron chi connectivity index (χ0n) is 22.3. The van der Waals surface area contributed by atoms with Crippen molar-refractivity contribution in [2.24, 2.45) is 5.10 Å². The van der Waals surface area contributed by atoms with E-state index in [1.807, 2.05) is 42.5 Å². The summed E-state index contributed by atoms with van der Waals surface area (Å²) in [5.41, 5.74) is 7.38. The molecule has 41 heavy (non-hydrogen) atoms. The van der Waals surface area contributed by atoms with Gasteiger partial charge >= 0.3 is 6.36 Å². The van der Waals surface area contributed by atoms with Gasteiger partial charge in [-0.05, 0) is 53.8 Å². The second-order valence-corrected chi connectivity index (χ2v) is 10.3. The molecule has 4 aromatic rings. The molecule has 1 N–H and O–H groups in total. The maximum atomic E-state index is 12.7. The highest BCUT2D eigenvalue weighted by Gasteiger charge is 2.32. The van der Waals surface area contributed by atoms with Gasteiger partial charge in [0.15, 0.2) is 11.0 Å². The van der Waals surface area contributed by atoms with E-state index in [1.165, 1.54) is 47.0 Å². The number of carbonyl (C=O) groups excluding carboxylic acids is 1. The lowest BCUT2D eigenvalue weighted by molar-refractivity contribution is -0.274. The van der Waals surface area contributed by atoms with Gasteiger partial charge in [-0.25, -0.2) is 9.67 Å². The van der Waals surface area contributed by atoms with Crippen LogP contribution in [-0.2, 0) is 11.3 Å². The number of hydrogen-bond donors (Lipinski definition) is 1. The maximum absolute atomic E-state index is 12.7. The summed E-state index contributed by atoms with van der Waals surface area (Å²) in [6.45, 7) is 4.73. The molecule has 12 heteroatoms. The number of amidine groups is 1. The molecule has 1 aliphatic heterocycles. The van der Waals surface area contributed by atoms with Crippen molar-refractivity contribution < 1.29 is 22.7 Å². The lowest BCUT2D eigenvalue weighted by Gasteiger charge is -2.22. The van der Waals surface area contributed by atoms with Gasteiger partial charge < -0.3 is 10.2 Å². The number of anilines is 1. The first-order valence-corrected chi connectivity index (χ1v) is 13.9. The van der Waals surface area contributed by atoms with Crippen LogP contribution in [0.5, 0.6) is 5.75 Å². The van der Waals surface area contributed by atoms with E-state index in [1.54, 1.807) is 4.90 Å². The van der Waals surface area contributed by atoms with Crippen molar-refractivity contribution in [2.45, 2.75) is 39.1 Å². The Hall–Kier alpha value is -4.32. The van der Waals surface area contributed by atoms with Crippen molar-refractivity contribution in [3.63, 3.8) is 0 Å². The lowest BCUT2D eigenvalue weighted by atomic mass is 9.96. The van der Waals surface area contributed by atoms with E-state index >= 15 is 0 Å². The Bertz CT molecular complexity index is 1540. The van der Waals surface area contributed by atoms with Gasteiger partial charge in [0, 0.05) is 5.56 Å². The van der Waals surface area contributed by atoms with Gasteiger partial charge in [-0.2, -0.15) is 5.10 Å². The van der Waals surface area contributed by atoms with Crippen molar-refractivity contribution in [2.75, 3.05) is 10.7 Å². The molecule has 212 valence electrons. The van der Waals surface area contributed by atoms with E-state index in [9.17, 15) is 18.0 Å². The number of para-hydroxylation sites is 1. The number of amides is 1. The summed E-state index contributed by atoms with van der Waals surface area (Å²) in [4.78, 5) is 18.8. The Labute approximate surface area is 239 Å². The third-order valence-electron chi connectivity index (χ3n) is 6.58. The first-order chi connectivity index (χ1) is 19.7. The van der Waals surface area contributed by atoms with E-state index in [2.05, 4.69) is 45.3 Å². The van der Waals surface area contributed by atoms with Crippen LogP contribution in [0.3, 0.4) is 0 Å². The fraction of sp³-hybridized carbons (Fsp3) is 0.241. The van der Waals surface area contributed by atoms with Gasteiger partial charge in [0.1, 0.15) is 12.1 Å². The molecule has 3 aromatic carbocycles. The number of hydrogen-bond acceptors (Lipinski definition) is 7. The average Bonchev–Trinajstić information content (AvgIpc) is 3.60. The predicted molar refractivity (Wildman–Crippen MR) is 153 cm³/mol. The minimum atomic E-state index is -4.75. The van der Waals surface area contributed by atoms with Crippen molar-refractivity contribution in [3.8, 4) is 22.8 Å². The summed E-state index contributed by atoms with van der Waals surface area (Å²) in [7, 11) is 0. The predicted octanol–water partition coefficient (Wildman–Crippen LogP) is 6.49. The molecule has 2 heterocycles. The van der Waals surface area contributed by atoms with E-state index in [-0.39, 0.29) is 11.7 Å². The number of halogens is 3. The van der Waals surface area contributed by atoms with Crippen LogP contribution in [0.15, 0.2) is 84.2 Å². The molecule has 0 saturated carbocycles. The van der Waals surface area contributed by atoms with Gasteiger partial charge in [-0.3, -0.25) is 9.69 Å². The van der Waals surface area contributed by atoms with Gasteiger partial charge in [0.25, 0.3) is 0 Å². The molecule has 1 atom stereocenters. The maximum Gasteiger partial charge on any atom is 0.573 e. The molecular formula is C29H27F3N6O2S. The number of aromatic nitrogens is 3. The summed E-state index contributed by atoms with van der Waals surface area (Å²) in [5.74, 6) is 0.828. The van der Waals surface area contributed by atoms with Crippen LogP contribution in [0.1, 0.15) is 37.3 Å². The highest BCUT2D eigenvalue weighted by molar-refractivity contribution is 8.15. The molecule has 0 bridgehead atoms. The van der Waals surface area contributed by atoms with Crippen molar-refractivity contribution in [1.29, 1.82) is 0 Å². The number of alkyl halides is 3. The van der Waals surface area contributed by atoms with Gasteiger partial charge in [-0.1, -0.05) is 68.1 Å². The van der Waals surface area contributed by atoms with E-state index in [4.69, 9.17) is 0 Å². The molecule has 8 nitrogen and oxygen atoms in total. The first-order valence-electron chi connectivity index (χ1n) is 12.9. The molecule has 1 saturated heterocycles. The van der Waals surface area contributed by atoms with Crippen LogP contribution < -0.4 is 15.1 Å². The smallest absolute Gasteiger partial charge is 0.406 e. The summed E-state index contributed by atoms with van der Waals surface area (Å²) in [6, 6.07) is 20.9. The minimum absolute atomic E-state index is 0.00757. The number of hydrazone groups is 1. The third kappa shape index (κ3) is 6.71. The number of thioether (sulfide) groups is 1. The zero-order chi connectivity index (χ0) is 29.0. The standard InChI is InChI=1S/C29H27F3N6O2S/c1-3-19(2)24-6-4-5-7-25(24)38-26(39)17-41-28(38)35-34-16-20-8-10-21(11-9-20)27-33-18-37(36-27)22-12-14-23(15-13-22)40-29(30,31)32/h4-15,18-19,34H,3,16-17H2,1-2H3/b35-28+. The molecule has 0 aliphatic carbocycles. The van der Waals surface area contributed by atoms with Crippen LogP contribution >= 0.6 is 11.8 Å². The number of carbonyl (C=O) groups is 1. The largest absolute Gasteiger partial charge is 0.573 e. The van der Waals surface area contributed by atoms with Crippen LogP contribution in [0.4, 0.5) is 18.9 Å². The number of rotatable bonds is 9. The van der Waals surface area contributed by atoms with Crippen LogP contribution in [0, 0.1) is 0 Å². The normalized spacial score (nSPS) is 15.4. The highest BCUT2D eigenvalue weighted by Crippen LogP contribution is 2.34. The summed E-state index contributed by atoms with van der Waals surface area (Å²) >= 11 is 1.41. The topological polar surface area (TPSA) is 84.6 Å². The molecule has 0 spiro atoms. The van der Waals surface area contributed by atoms with Crippen LogP contribution in [-0.4, -0.2) is 38.0 Å². The van der Waals surface area contributed by atoms with Gasteiger partial charge in [0.05, 0.1) is 23.7 Å². The molecule has 1 unspecified atom stereocenters. The Morgan fingerprint density at radius 2 is 1.80 bits per heavy atom. The molecule has 1 fully saturated rings. The molecule has 1 amide bonds. The first kappa shape index (κ1) is 28.2. The van der Waals surface area contributed by atoms with Crippen molar-refractivity contribution in [1.82, 2.24) is 20.2 Å². The van der Waals surface area contributed by atoms with E-state index in [0.717, 1.165) is 28.8 Å². The van der Waals surface area contributed by atoms with Crippen molar-refractivity contribution >= 4 is 28.5 Å². The molecule has 0 radical (unpaired) electrons. The van der Waals surface area contributed by atoms with E-state index < -0.39 is 6.36 Å². The number of benzene rings is 3. The van der Waals surface area contributed by atoms with Gasteiger partial charge in [-0.15, -0.1) is 18.3 Å². The monoisotopic (exact) mass is 580 g/mol. The third-order valence-corrected chi connectivity index (χ3v) is 7.51. The van der Waals surface area contributed by atoms with Crippen molar-refractivity contribution in [3.05, 3.63) is 90.3 Å². The minimum Gasteiger partial charge on any atom is -0.406 e. The quantitative estimate of drug-likeness (QED) is 0.228. The highest BCUT2D eigenvalue weighted by atomic mass is 32.2.